The van der Waals surface area contributed by atoms with Crippen molar-refractivity contribution in [3.63, 3.8) is 0 Å². The first kappa shape index (κ1) is 8.06. The van der Waals surface area contributed by atoms with E-state index in [-0.39, 0.29) is 0 Å². The minimum Gasteiger partial charge on any atom is -0.255 e. The van der Waals surface area contributed by atoms with Crippen LogP contribution >= 0.6 is 0 Å². The van der Waals surface area contributed by atoms with Crippen LogP contribution in [0.4, 0.5) is 5.69 Å². The van der Waals surface area contributed by atoms with Crippen LogP contribution in [0, 0.1) is 11.3 Å². The second kappa shape index (κ2) is 2.85. The fourth-order valence-corrected chi connectivity index (χ4v) is 1.76. The molecule has 0 aliphatic carbocycles. The van der Waals surface area contributed by atoms with Gasteiger partial charge in [0.2, 0.25) is 0 Å². The molecule has 0 aromatic heterocycles. The summed E-state index contributed by atoms with van der Waals surface area (Å²) in [7, 11) is 0. The van der Waals surface area contributed by atoms with E-state index in [0.717, 1.165) is 21.8 Å². The molecule has 15 heavy (non-hydrogen) atoms. The largest absolute Gasteiger partial charge is 0.255 e. The molecule has 0 amide bonds. The summed E-state index contributed by atoms with van der Waals surface area (Å²) in [6.07, 6.45) is 3.98. The maximum Gasteiger partial charge on any atom is 0.0967 e. The van der Waals surface area contributed by atoms with Gasteiger partial charge in [0.05, 0.1) is 28.9 Å². The summed E-state index contributed by atoms with van der Waals surface area (Å²) in [5, 5.41) is 18.5. The number of azo groups is 1. The van der Waals surface area contributed by atoms with E-state index in [4.69, 9.17) is 5.26 Å². The average Bonchev–Trinajstić information content (AvgIpc) is 2.76. The maximum absolute atomic E-state index is 8.79. The van der Waals surface area contributed by atoms with Crippen molar-refractivity contribution in [1.82, 2.24) is 0 Å². The Hall–Kier alpha value is -2.28. The predicted octanol–water partition coefficient (Wildman–Crippen LogP) is 1.11. The fraction of sp³-hybridized carbons (Fsp3) is 0.0909. The minimum atomic E-state index is 0.649. The van der Waals surface area contributed by atoms with E-state index in [9.17, 15) is 0 Å². The van der Waals surface area contributed by atoms with Gasteiger partial charge in [-0.3, -0.25) is 4.99 Å². The summed E-state index contributed by atoms with van der Waals surface area (Å²) < 4.78 is 0. The van der Waals surface area contributed by atoms with Crippen LogP contribution in [-0.4, -0.2) is 0 Å². The van der Waals surface area contributed by atoms with Crippen LogP contribution in [0.3, 0.4) is 0 Å². The maximum atomic E-state index is 8.79. The van der Waals surface area contributed by atoms with E-state index in [1.807, 2.05) is 12.1 Å². The quantitative estimate of drug-likeness (QED) is 0.610. The highest BCUT2D eigenvalue weighted by Crippen LogP contribution is 2.13. The van der Waals surface area contributed by atoms with E-state index in [1.165, 1.54) is 0 Å². The molecular formula is C11H6N4. The normalized spacial score (nSPS) is 15.5. The lowest BCUT2D eigenvalue weighted by Crippen LogP contribution is -2.29. The zero-order valence-electron chi connectivity index (χ0n) is 7.81. The molecule has 2 aliphatic rings. The Kier molecular flexibility index (Phi) is 1.53. The number of rotatable bonds is 0. The smallest absolute Gasteiger partial charge is 0.0967 e. The van der Waals surface area contributed by atoms with Crippen LogP contribution in [0.15, 0.2) is 39.1 Å². The van der Waals surface area contributed by atoms with Gasteiger partial charge in [-0.25, -0.2) is 0 Å². The van der Waals surface area contributed by atoms with Gasteiger partial charge in [-0.15, -0.1) is 0 Å². The molecular weight excluding hydrogens is 188 g/mol. The number of allylic oxidation sites excluding steroid dienone is 1. The van der Waals surface area contributed by atoms with Crippen LogP contribution in [-0.2, 0) is 6.42 Å². The summed E-state index contributed by atoms with van der Waals surface area (Å²) >= 11 is 0. The first-order valence-corrected chi connectivity index (χ1v) is 4.58. The van der Waals surface area contributed by atoms with Crippen LogP contribution in [0.1, 0.15) is 5.56 Å². The van der Waals surface area contributed by atoms with Crippen LogP contribution in [0.5, 0.6) is 0 Å². The van der Waals surface area contributed by atoms with Crippen molar-refractivity contribution in [2.45, 2.75) is 6.42 Å². The van der Waals surface area contributed by atoms with Crippen molar-refractivity contribution in [2.24, 2.45) is 15.2 Å². The number of nitriles is 1. The molecule has 70 valence electrons. The summed E-state index contributed by atoms with van der Waals surface area (Å²) in [5.74, 6) is 0. The monoisotopic (exact) mass is 194 g/mol. The molecule has 0 saturated carbocycles. The number of hydrogen-bond acceptors (Lipinski definition) is 4. The first-order valence-electron chi connectivity index (χ1n) is 4.58. The summed E-state index contributed by atoms with van der Waals surface area (Å²) in [5.41, 5.74) is 2.61. The van der Waals surface area contributed by atoms with Gasteiger partial charge < -0.3 is 0 Å². The molecule has 3 rings (SSSR count). The van der Waals surface area contributed by atoms with E-state index in [1.54, 1.807) is 12.4 Å². The lowest BCUT2D eigenvalue weighted by atomic mass is 10.0. The molecule has 0 radical (unpaired) electrons. The van der Waals surface area contributed by atoms with Crippen molar-refractivity contribution in [3.05, 3.63) is 40.0 Å². The van der Waals surface area contributed by atoms with E-state index in [2.05, 4.69) is 21.3 Å². The number of fused-ring (bicyclic) bond motifs is 3. The third kappa shape index (κ3) is 1.10. The summed E-state index contributed by atoms with van der Waals surface area (Å²) in [6.45, 7) is 0. The highest BCUT2D eigenvalue weighted by molar-refractivity contribution is 5.50. The molecule has 4 nitrogen and oxygen atoms in total. The third-order valence-corrected chi connectivity index (χ3v) is 2.50. The standard InChI is InChI=1S/C11H6N4/c12-4-7-3-8-1-2-10-9(6-14-15-10)11(8)13-5-7/h1-2,5-6H,3H2. The Labute approximate surface area is 85.6 Å². The number of benzene rings is 1. The van der Waals surface area contributed by atoms with Gasteiger partial charge in [-0.05, 0) is 11.6 Å². The predicted molar refractivity (Wildman–Crippen MR) is 53.6 cm³/mol. The van der Waals surface area contributed by atoms with Crippen molar-refractivity contribution < 1.29 is 0 Å². The van der Waals surface area contributed by atoms with Crippen molar-refractivity contribution in [1.29, 1.82) is 5.26 Å². The molecule has 0 fully saturated rings. The van der Waals surface area contributed by atoms with Gasteiger partial charge in [0, 0.05) is 17.8 Å². The Morgan fingerprint density at radius 2 is 2.20 bits per heavy atom. The van der Waals surface area contributed by atoms with Gasteiger partial charge in [0.25, 0.3) is 0 Å². The molecule has 0 N–H and O–H groups in total. The van der Waals surface area contributed by atoms with Crippen LogP contribution in [0.2, 0.25) is 0 Å². The summed E-state index contributed by atoms with van der Waals surface area (Å²) in [6, 6.07) is 5.99. The van der Waals surface area contributed by atoms with E-state index >= 15 is 0 Å². The molecule has 4 heteroatoms. The van der Waals surface area contributed by atoms with Crippen LogP contribution < -0.4 is 10.6 Å². The highest BCUT2D eigenvalue weighted by atomic mass is 15.1. The molecule has 0 saturated heterocycles. The minimum absolute atomic E-state index is 0.649. The molecule has 1 aromatic carbocycles. The van der Waals surface area contributed by atoms with Crippen molar-refractivity contribution in [2.75, 3.05) is 0 Å². The highest BCUT2D eigenvalue weighted by Gasteiger charge is 2.10. The zero-order chi connectivity index (χ0) is 10.3. The Morgan fingerprint density at radius 3 is 3.07 bits per heavy atom. The van der Waals surface area contributed by atoms with Crippen LogP contribution in [0.25, 0.3) is 6.20 Å². The molecule has 0 spiro atoms. The fourth-order valence-electron chi connectivity index (χ4n) is 1.76. The molecule has 0 bridgehead atoms. The number of hydrogen-bond donors (Lipinski definition) is 0. The van der Waals surface area contributed by atoms with E-state index < -0.39 is 0 Å². The zero-order valence-corrected chi connectivity index (χ0v) is 7.81. The molecule has 0 unspecified atom stereocenters. The van der Waals surface area contributed by atoms with Gasteiger partial charge in [0.15, 0.2) is 0 Å². The lowest BCUT2D eigenvalue weighted by molar-refractivity contribution is 1.07. The molecule has 0 atom stereocenters. The lowest BCUT2D eigenvalue weighted by Gasteiger charge is -2.05. The second-order valence-electron chi connectivity index (χ2n) is 3.42. The first-order chi connectivity index (χ1) is 7.38. The molecule has 1 aromatic rings. The third-order valence-electron chi connectivity index (χ3n) is 2.50. The SMILES string of the molecule is N#CC1=CN=c2c(ccc3c2=CN=N3)C1. The Morgan fingerprint density at radius 1 is 1.27 bits per heavy atom. The van der Waals surface area contributed by atoms with Crippen molar-refractivity contribution in [3.8, 4) is 6.07 Å². The summed E-state index contributed by atoms with van der Waals surface area (Å²) in [4.78, 5) is 4.28. The Balaban J connectivity index is 2.36. The van der Waals surface area contributed by atoms with Crippen molar-refractivity contribution >= 4 is 11.9 Å². The van der Waals surface area contributed by atoms with Gasteiger partial charge in [-0.2, -0.15) is 15.5 Å². The van der Waals surface area contributed by atoms with Gasteiger partial charge >= 0.3 is 0 Å². The molecule has 2 aliphatic heterocycles. The number of nitrogens with zero attached hydrogens (tertiary/aromatic N) is 4. The molecule has 2 heterocycles. The topological polar surface area (TPSA) is 60.9 Å². The van der Waals surface area contributed by atoms with Gasteiger partial charge in [0.1, 0.15) is 0 Å². The average molecular weight is 194 g/mol. The second-order valence-corrected chi connectivity index (χ2v) is 3.42. The Bertz CT molecular complexity index is 659. The van der Waals surface area contributed by atoms with Gasteiger partial charge in [-0.1, -0.05) is 6.07 Å². The van der Waals surface area contributed by atoms with E-state index in [0.29, 0.717) is 12.0 Å².